The molecule has 0 bridgehead atoms. The van der Waals surface area contributed by atoms with Gasteiger partial charge in [0.25, 0.3) is 5.96 Å². The van der Waals surface area contributed by atoms with E-state index in [1.54, 1.807) is 6.92 Å². The molecule has 2 aromatic rings. The van der Waals surface area contributed by atoms with Crippen molar-refractivity contribution < 1.29 is 0 Å². The molecule has 1 unspecified atom stereocenters. The zero-order valence-electron chi connectivity index (χ0n) is 10.3. The van der Waals surface area contributed by atoms with E-state index in [-0.39, 0.29) is 5.96 Å². The molecule has 100 valence electrons. The second-order valence-electron chi connectivity index (χ2n) is 3.39. The van der Waals surface area contributed by atoms with E-state index in [0.717, 1.165) is 0 Å². The molecular weight excluding hydrogens is 272 g/mol. The average molecular weight is 283 g/mol. The highest BCUT2D eigenvalue weighted by Gasteiger charge is 2.09. The molecule has 0 amide bonds. The van der Waals surface area contributed by atoms with E-state index in [2.05, 4.69) is 41.0 Å². The number of alkyl halides is 1. The summed E-state index contributed by atoms with van der Waals surface area (Å²) in [5.74, 6) is 0.858. The molecule has 0 aromatic carbocycles. The molecule has 0 aliphatic rings. The van der Waals surface area contributed by atoms with Gasteiger partial charge in [0.1, 0.15) is 24.0 Å². The highest BCUT2D eigenvalue weighted by Crippen LogP contribution is 2.00. The van der Waals surface area contributed by atoms with Crippen LogP contribution >= 0.6 is 11.6 Å². The number of halogens is 1. The number of hydrogen-bond acceptors (Lipinski definition) is 7. The summed E-state index contributed by atoms with van der Waals surface area (Å²) >= 11 is 5.86. The van der Waals surface area contributed by atoms with Crippen LogP contribution in [-0.4, -0.2) is 57.7 Å². The van der Waals surface area contributed by atoms with E-state index in [0.29, 0.717) is 12.3 Å². The van der Waals surface area contributed by atoms with Gasteiger partial charge in [0.2, 0.25) is 0 Å². The standard InChI is InChI=1S/C8H11ClN10/c1-3-7(18-4-10-14-16-18)13-8(12-6(2)9)19-5-11-15-17-19/h4-6H,3H2,1-2H3/b12-8+,13-7+. The summed E-state index contributed by atoms with van der Waals surface area (Å²) in [6, 6.07) is 0. The molecule has 19 heavy (non-hydrogen) atoms. The van der Waals surface area contributed by atoms with Crippen LogP contribution in [0.15, 0.2) is 22.6 Å². The molecule has 0 aliphatic heterocycles. The zero-order chi connectivity index (χ0) is 13.7. The van der Waals surface area contributed by atoms with Gasteiger partial charge >= 0.3 is 0 Å². The lowest BCUT2D eigenvalue weighted by molar-refractivity contribution is 0.791. The molecule has 11 heteroatoms. The van der Waals surface area contributed by atoms with Crippen LogP contribution in [0.25, 0.3) is 0 Å². The second-order valence-corrected chi connectivity index (χ2v) is 4.03. The second kappa shape index (κ2) is 6.09. The maximum absolute atomic E-state index is 5.86. The normalized spacial score (nSPS) is 14.7. The number of rotatable bonds is 2. The minimum atomic E-state index is -0.463. The summed E-state index contributed by atoms with van der Waals surface area (Å²) in [5.41, 5.74) is -0.463. The topological polar surface area (TPSA) is 112 Å². The first-order chi connectivity index (χ1) is 9.20. The first kappa shape index (κ1) is 13.2. The van der Waals surface area contributed by atoms with Crippen LogP contribution in [0.3, 0.4) is 0 Å². The quantitative estimate of drug-likeness (QED) is 0.326. The van der Waals surface area contributed by atoms with Crippen LogP contribution in [0.4, 0.5) is 0 Å². The molecule has 0 fully saturated rings. The highest BCUT2D eigenvalue weighted by atomic mass is 35.5. The van der Waals surface area contributed by atoms with Gasteiger partial charge in [-0.1, -0.05) is 18.5 Å². The predicted molar refractivity (Wildman–Crippen MR) is 66.9 cm³/mol. The summed E-state index contributed by atoms with van der Waals surface area (Å²) in [5, 5.41) is 21.7. The van der Waals surface area contributed by atoms with Gasteiger partial charge in [-0.2, -0.15) is 14.4 Å². The Morgan fingerprint density at radius 2 is 1.84 bits per heavy atom. The van der Waals surface area contributed by atoms with Crippen LogP contribution in [0.5, 0.6) is 0 Å². The van der Waals surface area contributed by atoms with Gasteiger partial charge in [-0.25, -0.2) is 4.99 Å². The zero-order valence-corrected chi connectivity index (χ0v) is 11.0. The summed E-state index contributed by atoms with van der Waals surface area (Å²) in [7, 11) is 0. The van der Waals surface area contributed by atoms with Crippen molar-refractivity contribution in [1.82, 2.24) is 40.4 Å². The van der Waals surface area contributed by atoms with E-state index in [4.69, 9.17) is 11.6 Å². The molecule has 0 spiro atoms. The Morgan fingerprint density at radius 1 is 1.21 bits per heavy atom. The lowest BCUT2D eigenvalue weighted by atomic mass is 10.4. The molecule has 0 aliphatic carbocycles. The van der Waals surface area contributed by atoms with E-state index in [1.165, 1.54) is 22.0 Å². The number of aromatic nitrogens is 8. The van der Waals surface area contributed by atoms with Gasteiger partial charge in [-0.05, 0) is 27.8 Å². The van der Waals surface area contributed by atoms with E-state index in [1.807, 2.05) is 6.92 Å². The Hall–Kier alpha value is -2.23. The van der Waals surface area contributed by atoms with Crippen LogP contribution < -0.4 is 0 Å². The Balaban J connectivity index is 2.39. The molecule has 10 nitrogen and oxygen atoms in total. The molecule has 2 aromatic heterocycles. The molecule has 0 saturated carbocycles. The monoisotopic (exact) mass is 282 g/mol. The van der Waals surface area contributed by atoms with Gasteiger partial charge in [-0.3, -0.25) is 0 Å². The third-order valence-electron chi connectivity index (χ3n) is 2.01. The van der Waals surface area contributed by atoms with Crippen LogP contribution in [-0.2, 0) is 0 Å². The highest BCUT2D eigenvalue weighted by molar-refractivity contribution is 6.20. The SMILES string of the molecule is CC/C(=N\C(=N/C(C)Cl)n1cnnn1)n1cnnn1. The van der Waals surface area contributed by atoms with E-state index in [9.17, 15) is 0 Å². The molecule has 1 atom stereocenters. The Morgan fingerprint density at radius 3 is 2.32 bits per heavy atom. The first-order valence-corrected chi connectivity index (χ1v) is 5.90. The van der Waals surface area contributed by atoms with Crippen LogP contribution in [0, 0.1) is 0 Å². The Labute approximate surface area is 113 Å². The van der Waals surface area contributed by atoms with Crippen LogP contribution in [0.2, 0.25) is 0 Å². The summed E-state index contributed by atoms with van der Waals surface area (Å²) < 4.78 is 2.76. The van der Waals surface area contributed by atoms with Gasteiger partial charge in [-0.15, -0.1) is 10.2 Å². The first-order valence-electron chi connectivity index (χ1n) is 5.47. The van der Waals surface area contributed by atoms with Gasteiger partial charge in [0.15, 0.2) is 0 Å². The smallest absolute Gasteiger partial charge is 0.230 e. The van der Waals surface area contributed by atoms with Crippen molar-refractivity contribution in [3.8, 4) is 0 Å². The molecular formula is C8H11ClN10. The molecule has 0 radical (unpaired) electrons. The minimum absolute atomic E-state index is 0.264. The van der Waals surface area contributed by atoms with Gasteiger partial charge in [0.05, 0.1) is 0 Å². The van der Waals surface area contributed by atoms with Crippen molar-refractivity contribution in [3.05, 3.63) is 12.7 Å². The minimum Gasteiger partial charge on any atom is -0.230 e. The lowest BCUT2D eigenvalue weighted by Gasteiger charge is -2.04. The van der Waals surface area contributed by atoms with E-state index >= 15 is 0 Å². The van der Waals surface area contributed by atoms with Crippen molar-refractivity contribution >= 4 is 23.4 Å². The molecule has 2 rings (SSSR count). The fraction of sp³-hybridized carbons (Fsp3) is 0.500. The number of aliphatic imine (C=N–C) groups is 2. The Bertz CT molecular complexity index is 554. The third kappa shape index (κ3) is 3.37. The van der Waals surface area contributed by atoms with Crippen molar-refractivity contribution in [1.29, 1.82) is 0 Å². The number of hydrogen-bond donors (Lipinski definition) is 0. The lowest BCUT2D eigenvalue weighted by Crippen LogP contribution is -2.19. The van der Waals surface area contributed by atoms with Crippen molar-refractivity contribution in [2.45, 2.75) is 25.8 Å². The number of nitrogens with zero attached hydrogens (tertiary/aromatic N) is 10. The van der Waals surface area contributed by atoms with E-state index < -0.39 is 5.50 Å². The largest absolute Gasteiger partial charge is 0.252 e. The predicted octanol–water partition coefficient (Wildman–Crippen LogP) is -0.195. The molecule has 0 saturated heterocycles. The fourth-order valence-corrected chi connectivity index (χ4v) is 1.33. The maximum atomic E-state index is 5.86. The third-order valence-corrected chi connectivity index (χ3v) is 2.10. The Kier molecular flexibility index (Phi) is 4.23. The van der Waals surface area contributed by atoms with Crippen LogP contribution in [0.1, 0.15) is 20.3 Å². The fourth-order valence-electron chi connectivity index (χ4n) is 1.24. The van der Waals surface area contributed by atoms with Crippen molar-refractivity contribution in [2.24, 2.45) is 9.98 Å². The van der Waals surface area contributed by atoms with Gasteiger partial charge < -0.3 is 0 Å². The van der Waals surface area contributed by atoms with Gasteiger partial charge in [0, 0.05) is 6.42 Å². The summed E-state index contributed by atoms with van der Waals surface area (Å²) in [6.07, 6.45) is 3.43. The average Bonchev–Trinajstić information content (AvgIpc) is 3.05. The summed E-state index contributed by atoms with van der Waals surface area (Å²) in [6.45, 7) is 3.63. The molecule has 0 N–H and O–H groups in total. The molecule has 2 heterocycles. The summed E-state index contributed by atoms with van der Waals surface area (Å²) in [4.78, 5) is 8.49. The maximum Gasteiger partial charge on any atom is 0.252 e. The van der Waals surface area contributed by atoms with Crippen molar-refractivity contribution in [3.63, 3.8) is 0 Å². The number of tetrazole rings is 2. The van der Waals surface area contributed by atoms with Crippen molar-refractivity contribution in [2.75, 3.05) is 0 Å².